The van der Waals surface area contributed by atoms with E-state index in [1.165, 1.54) is 12.3 Å². The van der Waals surface area contributed by atoms with E-state index in [9.17, 15) is 17.6 Å². The van der Waals surface area contributed by atoms with Crippen molar-refractivity contribution in [1.29, 1.82) is 0 Å². The summed E-state index contributed by atoms with van der Waals surface area (Å²) >= 11 is 0. The summed E-state index contributed by atoms with van der Waals surface area (Å²) in [6, 6.07) is 3.86. The lowest BCUT2D eigenvalue weighted by molar-refractivity contribution is -0.140. The van der Waals surface area contributed by atoms with E-state index in [0.29, 0.717) is 23.4 Å². The number of pyridine rings is 1. The predicted molar refractivity (Wildman–Crippen MR) is 64.9 cm³/mol. The van der Waals surface area contributed by atoms with Crippen LogP contribution >= 0.6 is 0 Å². The highest BCUT2D eigenvalue weighted by atomic mass is 19.4. The van der Waals surface area contributed by atoms with Crippen molar-refractivity contribution in [3.63, 3.8) is 0 Å². The van der Waals surface area contributed by atoms with Gasteiger partial charge in [0.15, 0.2) is 0 Å². The molecule has 1 aromatic carbocycles. The van der Waals surface area contributed by atoms with Crippen LogP contribution in [0, 0.1) is 12.7 Å². The lowest BCUT2D eigenvalue weighted by atomic mass is 10.2. The number of ether oxygens (including phenoxy) is 1. The van der Waals surface area contributed by atoms with Gasteiger partial charge in [0.1, 0.15) is 11.6 Å². The zero-order valence-electron chi connectivity index (χ0n) is 10.3. The molecule has 2 N–H and O–H groups in total. The van der Waals surface area contributed by atoms with Crippen LogP contribution in [0.4, 0.5) is 23.2 Å². The molecule has 0 bridgehead atoms. The van der Waals surface area contributed by atoms with E-state index in [-0.39, 0.29) is 11.6 Å². The maximum Gasteiger partial charge on any atom is 0.419 e. The number of aromatic nitrogens is 1. The monoisotopic (exact) mass is 286 g/mol. The second kappa shape index (κ2) is 4.99. The fourth-order valence-electron chi connectivity index (χ4n) is 1.50. The lowest BCUT2D eigenvalue weighted by Gasteiger charge is -2.11. The molecule has 0 saturated heterocycles. The van der Waals surface area contributed by atoms with Gasteiger partial charge in [-0.25, -0.2) is 9.37 Å². The Bertz CT molecular complexity index is 641. The minimum atomic E-state index is -4.78. The lowest BCUT2D eigenvalue weighted by Crippen LogP contribution is -2.08. The molecule has 20 heavy (non-hydrogen) atoms. The number of aryl methyl sites for hydroxylation is 1. The summed E-state index contributed by atoms with van der Waals surface area (Å²) in [5.74, 6) is -1.43. The number of rotatable bonds is 2. The highest BCUT2D eigenvalue weighted by molar-refractivity contribution is 5.46. The van der Waals surface area contributed by atoms with Crippen LogP contribution in [-0.2, 0) is 6.18 Å². The average Bonchev–Trinajstić information content (AvgIpc) is 2.35. The topological polar surface area (TPSA) is 48.1 Å². The number of alkyl halides is 3. The second-order valence-corrected chi connectivity index (χ2v) is 4.12. The van der Waals surface area contributed by atoms with Crippen LogP contribution in [0.5, 0.6) is 11.6 Å². The third kappa shape index (κ3) is 2.98. The number of halogens is 4. The first-order valence-electron chi connectivity index (χ1n) is 5.54. The molecule has 0 atom stereocenters. The van der Waals surface area contributed by atoms with E-state index in [1.54, 1.807) is 6.92 Å². The van der Waals surface area contributed by atoms with Gasteiger partial charge in [-0.2, -0.15) is 13.2 Å². The molecule has 0 aliphatic carbocycles. The Morgan fingerprint density at radius 3 is 2.50 bits per heavy atom. The predicted octanol–water partition coefficient (Wildman–Crippen LogP) is 3.92. The number of benzene rings is 1. The van der Waals surface area contributed by atoms with Gasteiger partial charge in [-0.15, -0.1) is 0 Å². The van der Waals surface area contributed by atoms with E-state index in [0.717, 1.165) is 6.07 Å². The SMILES string of the molecule is Cc1cc(Oc2ccc(F)c(C(F)(F)F)c2)ncc1N. The molecule has 0 fully saturated rings. The number of hydrogen-bond acceptors (Lipinski definition) is 3. The average molecular weight is 286 g/mol. The van der Waals surface area contributed by atoms with Crippen molar-refractivity contribution in [3.8, 4) is 11.6 Å². The van der Waals surface area contributed by atoms with Gasteiger partial charge in [0.25, 0.3) is 0 Å². The van der Waals surface area contributed by atoms with Crippen molar-refractivity contribution < 1.29 is 22.3 Å². The Hall–Kier alpha value is -2.31. The zero-order valence-corrected chi connectivity index (χ0v) is 10.3. The van der Waals surface area contributed by atoms with Gasteiger partial charge in [0.2, 0.25) is 5.88 Å². The molecule has 1 aromatic heterocycles. The van der Waals surface area contributed by atoms with Crippen molar-refractivity contribution in [2.75, 3.05) is 5.73 Å². The fourth-order valence-corrected chi connectivity index (χ4v) is 1.50. The molecule has 0 aliphatic rings. The summed E-state index contributed by atoms with van der Waals surface area (Å²) < 4.78 is 56.0. The molecule has 0 spiro atoms. The quantitative estimate of drug-likeness (QED) is 0.851. The molecule has 0 unspecified atom stereocenters. The van der Waals surface area contributed by atoms with Crippen LogP contribution in [0.1, 0.15) is 11.1 Å². The first-order chi connectivity index (χ1) is 9.27. The van der Waals surface area contributed by atoms with Crippen LogP contribution in [-0.4, -0.2) is 4.98 Å². The fraction of sp³-hybridized carbons (Fsp3) is 0.154. The van der Waals surface area contributed by atoms with Crippen LogP contribution in [0.15, 0.2) is 30.5 Å². The molecular formula is C13H10F4N2O. The third-order valence-electron chi connectivity index (χ3n) is 2.59. The highest BCUT2D eigenvalue weighted by Gasteiger charge is 2.34. The third-order valence-corrected chi connectivity index (χ3v) is 2.59. The summed E-state index contributed by atoms with van der Waals surface area (Å²) in [5.41, 5.74) is 5.29. The first-order valence-corrected chi connectivity index (χ1v) is 5.54. The number of anilines is 1. The molecule has 2 aromatic rings. The molecular weight excluding hydrogens is 276 g/mol. The van der Waals surface area contributed by atoms with Gasteiger partial charge in [-0.3, -0.25) is 0 Å². The van der Waals surface area contributed by atoms with Gasteiger partial charge in [-0.05, 0) is 30.7 Å². The van der Waals surface area contributed by atoms with Gasteiger partial charge in [-0.1, -0.05) is 0 Å². The molecule has 1 heterocycles. The van der Waals surface area contributed by atoms with E-state index in [2.05, 4.69) is 4.98 Å². The van der Waals surface area contributed by atoms with E-state index in [1.807, 2.05) is 0 Å². The van der Waals surface area contributed by atoms with Crippen LogP contribution in [0.2, 0.25) is 0 Å². The van der Waals surface area contributed by atoms with E-state index < -0.39 is 17.6 Å². The maximum atomic E-state index is 13.1. The molecule has 3 nitrogen and oxygen atoms in total. The Kier molecular flexibility index (Phi) is 3.52. The molecule has 0 saturated carbocycles. The number of nitrogen functional groups attached to an aromatic ring is 1. The normalized spacial score (nSPS) is 11.4. The largest absolute Gasteiger partial charge is 0.439 e. The van der Waals surface area contributed by atoms with Crippen molar-refractivity contribution in [1.82, 2.24) is 4.98 Å². The van der Waals surface area contributed by atoms with Crippen LogP contribution < -0.4 is 10.5 Å². The molecule has 0 aliphatic heterocycles. The summed E-state index contributed by atoms with van der Waals surface area (Å²) in [6.07, 6.45) is -3.45. The Balaban J connectivity index is 2.32. The molecule has 7 heteroatoms. The molecule has 0 amide bonds. The maximum absolute atomic E-state index is 13.1. The Morgan fingerprint density at radius 2 is 1.90 bits per heavy atom. The minimum absolute atomic E-state index is 0.0800. The van der Waals surface area contributed by atoms with Crippen molar-refractivity contribution in [2.45, 2.75) is 13.1 Å². The Morgan fingerprint density at radius 1 is 1.20 bits per heavy atom. The number of nitrogens with zero attached hydrogens (tertiary/aromatic N) is 1. The van der Waals surface area contributed by atoms with Gasteiger partial charge < -0.3 is 10.5 Å². The number of nitrogens with two attached hydrogens (primary N) is 1. The summed E-state index contributed by atoms with van der Waals surface area (Å²) in [4.78, 5) is 3.83. The molecule has 2 rings (SSSR count). The van der Waals surface area contributed by atoms with E-state index in [4.69, 9.17) is 10.5 Å². The summed E-state index contributed by atoms with van der Waals surface area (Å²) in [6.45, 7) is 1.70. The van der Waals surface area contributed by atoms with Crippen molar-refractivity contribution >= 4 is 5.69 Å². The van der Waals surface area contributed by atoms with Gasteiger partial charge >= 0.3 is 6.18 Å². The molecule has 0 radical (unpaired) electrons. The highest BCUT2D eigenvalue weighted by Crippen LogP contribution is 2.34. The van der Waals surface area contributed by atoms with Crippen molar-refractivity contribution in [3.05, 3.63) is 47.4 Å². The molecule has 106 valence electrons. The van der Waals surface area contributed by atoms with Gasteiger partial charge in [0, 0.05) is 6.07 Å². The number of hydrogen-bond donors (Lipinski definition) is 1. The second-order valence-electron chi connectivity index (χ2n) is 4.12. The first kappa shape index (κ1) is 14.1. The standard InChI is InChI=1S/C13H10F4N2O/c1-7-4-12(19-6-11(7)18)20-8-2-3-10(14)9(5-8)13(15,16)17/h2-6H,18H2,1H3. The van der Waals surface area contributed by atoms with Gasteiger partial charge in [0.05, 0.1) is 17.4 Å². The minimum Gasteiger partial charge on any atom is -0.439 e. The van der Waals surface area contributed by atoms with Crippen molar-refractivity contribution in [2.24, 2.45) is 0 Å². The van der Waals surface area contributed by atoms with Crippen LogP contribution in [0.3, 0.4) is 0 Å². The zero-order chi connectivity index (χ0) is 14.9. The summed E-state index contributed by atoms with van der Waals surface area (Å²) in [7, 11) is 0. The smallest absolute Gasteiger partial charge is 0.419 e. The Labute approximate surface area is 112 Å². The van der Waals surface area contributed by atoms with E-state index >= 15 is 0 Å². The summed E-state index contributed by atoms with van der Waals surface area (Å²) in [5, 5.41) is 0. The van der Waals surface area contributed by atoms with Crippen LogP contribution in [0.25, 0.3) is 0 Å².